The van der Waals surface area contributed by atoms with Crippen LogP contribution in [0, 0.1) is 17.8 Å². The number of amides is 1. The Morgan fingerprint density at radius 3 is 2.89 bits per heavy atom. The summed E-state index contributed by atoms with van der Waals surface area (Å²) in [6, 6.07) is 8.19. The predicted octanol–water partition coefficient (Wildman–Crippen LogP) is 4.01. The summed E-state index contributed by atoms with van der Waals surface area (Å²) in [6.45, 7) is 2.14. The van der Waals surface area contributed by atoms with Gasteiger partial charge < -0.3 is 5.32 Å². The van der Waals surface area contributed by atoms with E-state index >= 15 is 0 Å². The van der Waals surface area contributed by atoms with Crippen LogP contribution in [0.2, 0.25) is 0 Å². The first kappa shape index (κ1) is 12.7. The molecule has 2 saturated carbocycles. The highest BCUT2D eigenvalue weighted by molar-refractivity contribution is 5.90. The van der Waals surface area contributed by atoms with Crippen LogP contribution in [-0.4, -0.2) is 5.91 Å². The molecule has 2 bridgehead atoms. The van der Waals surface area contributed by atoms with Crippen LogP contribution in [0.1, 0.15) is 44.6 Å². The largest absolute Gasteiger partial charge is 0.326 e. The minimum absolute atomic E-state index is 0.200. The van der Waals surface area contributed by atoms with E-state index in [1.807, 2.05) is 12.1 Å². The SMILES string of the molecule is CCc1cccc(NC(=O)C[C@@H]2C[C@H]3CC[C@@H]2C3)c1. The summed E-state index contributed by atoms with van der Waals surface area (Å²) in [5, 5.41) is 3.06. The molecular weight excluding hydrogens is 234 g/mol. The van der Waals surface area contributed by atoms with Crippen molar-refractivity contribution >= 4 is 11.6 Å². The van der Waals surface area contributed by atoms with E-state index in [1.54, 1.807) is 0 Å². The van der Waals surface area contributed by atoms with Gasteiger partial charge >= 0.3 is 0 Å². The molecular formula is C17H23NO. The molecule has 1 aromatic rings. The van der Waals surface area contributed by atoms with Gasteiger partial charge in [-0.15, -0.1) is 0 Å². The highest BCUT2D eigenvalue weighted by Crippen LogP contribution is 2.49. The van der Waals surface area contributed by atoms with Gasteiger partial charge in [0, 0.05) is 12.1 Å². The number of carbonyl (C=O) groups excluding carboxylic acids is 1. The molecule has 2 nitrogen and oxygen atoms in total. The van der Waals surface area contributed by atoms with Crippen molar-refractivity contribution in [2.45, 2.75) is 45.4 Å². The molecule has 2 aliphatic rings. The van der Waals surface area contributed by atoms with E-state index in [9.17, 15) is 4.79 Å². The quantitative estimate of drug-likeness (QED) is 0.867. The fraction of sp³-hybridized carbons (Fsp3) is 0.588. The van der Waals surface area contributed by atoms with E-state index in [2.05, 4.69) is 24.4 Å². The first-order valence-electron chi connectivity index (χ1n) is 7.63. The van der Waals surface area contributed by atoms with Gasteiger partial charge in [-0.25, -0.2) is 0 Å². The lowest BCUT2D eigenvalue weighted by Gasteiger charge is -2.20. The van der Waals surface area contributed by atoms with Crippen molar-refractivity contribution in [1.82, 2.24) is 0 Å². The second kappa shape index (κ2) is 5.36. The molecule has 0 heterocycles. The van der Waals surface area contributed by atoms with Crippen LogP contribution in [0.25, 0.3) is 0 Å². The normalized spacial score (nSPS) is 28.6. The van der Waals surface area contributed by atoms with Gasteiger partial charge in [-0.3, -0.25) is 4.79 Å². The molecule has 0 unspecified atom stereocenters. The standard InChI is InChI=1S/C17H23NO/c1-2-12-4-3-5-16(10-12)18-17(19)11-15-9-13-6-7-14(15)8-13/h3-5,10,13-15H,2,6-9,11H2,1H3,(H,18,19)/t13-,14+,15-/m0/s1. The number of benzene rings is 1. The van der Waals surface area contributed by atoms with Crippen LogP contribution < -0.4 is 5.32 Å². The van der Waals surface area contributed by atoms with Gasteiger partial charge in [-0.1, -0.05) is 25.5 Å². The Balaban J connectivity index is 1.56. The fourth-order valence-electron chi connectivity index (χ4n) is 3.95. The van der Waals surface area contributed by atoms with Crippen LogP contribution in [0.15, 0.2) is 24.3 Å². The number of anilines is 1. The maximum Gasteiger partial charge on any atom is 0.224 e. The minimum atomic E-state index is 0.200. The molecule has 3 atom stereocenters. The molecule has 2 fully saturated rings. The Morgan fingerprint density at radius 1 is 1.32 bits per heavy atom. The summed E-state index contributed by atoms with van der Waals surface area (Å²) < 4.78 is 0. The van der Waals surface area contributed by atoms with Gasteiger partial charge in [0.25, 0.3) is 0 Å². The zero-order chi connectivity index (χ0) is 13.2. The van der Waals surface area contributed by atoms with Crippen molar-refractivity contribution in [3.63, 3.8) is 0 Å². The number of hydrogen-bond acceptors (Lipinski definition) is 1. The molecule has 1 aromatic carbocycles. The topological polar surface area (TPSA) is 29.1 Å². The molecule has 19 heavy (non-hydrogen) atoms. The van der Waals surface area contributed by atoms with E-state index in [0.717, 1.165) is 30.4 Å². The maximum atomic E-state index is 12.1. The van der Waals surface area contributed by atoms with Crippen LogP contribution in [0.4, 0.5) is 5.69 Å². The number of carbonyl (C=O) groups is 1. The van der Waals surface area contributed by atoms with Gasteiger partial charge in [-0.05, 0) is 61.1 Å². The number of aryl methyl sites for hydroxylation is 1. The van der Waals surface area contributed by atoms with Crippen molar-refractivity contribution in [2.75, 3.05) is 5.32 Å². The summed E-state index contributed by atoms with van der Waals surface area (Å²) in [5.74, 6) is 2.60. The molecule has 0 radical (unpaired) electrons. The molecule has 102 valence electrons. The highest BCUT2D eigenvalue weighted by Gasteiger charge is 2.40. The average molecular weight is 257 g/mol. The van der Waals surface area contributed by atoms with Gasteiger partial charge in [0.15, 0.2) is 0 Å². The average Bonchev–Trinajstić information content (AvgIpc) is 3.01. The van der Waals surface area contributed by atoms with Crippen molar-refractivity contribution < 1.29 is 4.79 Å². The Labute approximate surface area is 115 Å². The van der Waals surface area contributed by atoms with Gasteiger partial charge in [0.05, 0.1) is 0 Å². The van der Waals surface area contributed by atoms with E-state index in [-0.39, 0.29) is 5.91 Å². The molecule has 0 aliphatic heterocycles. The summed E-state index contributed by atoms with van der Waals surface area (Å²) in [6.07, 6.45) is 7.15. The number of nitrogens with one attached hydrogen (secondary N) is 1. The highest BCUT2D eigenvalue weighted by atomic mass is 16.1. The maximum absolute atomic E-state index is 12.1. The zero-order valence-corrected chi connectivity index (χ0v) is 11.7. The molecule has 1 amide bonds. The second-order valence-corrected chi connectivity index (χ2v) is 6.24. The smallest absolute Gasteiger partial charge is 0.224 e. The monoisotopic (exact) mass is 257 g/mol. The van der Waals surface area contributed by atoms with Crippen molar-refractivity contribution in [3.05, 3.63) is 29.8 Å². The third kappa shape index (κ3) is 2.83. The lowest BCUT2D eigenvalue weighted by atomic mass is 9.86. The number of hydrogen-bond donors (Lipinski definition) is 1. The fourth-order valence-corrected chi connectivity index (χ4v) is 3.95. The Morgan fingerprint density at radius 2 is 2.21 bits per heavy atom. The third-order valence-corrected chi connectivity index (χ3v) is 4.95. The van der Waals surface area contributed by atoms with Crippen molar-refractivity contribution in [3.8, 4) is 0 Å². The molecule has 3 rings (SSSR count). The van der Waals surface area contributed by atoms with E-state index in [4.69, 9.17) is 0 Å². The van der Waals surface area contributed by atoms with E-state index in [0.29, 0.717) is 5.92 Å². The summed E-state index contributed by atoms with van der Waals surface area (Å²) in [4.78, 5) is 12.1. The van der Waals surface area contributed by atoms with E-state index < -0.39 is 0 Å². The molecule has 2 aliphatic carbocycles. The number of fused-ring (bicyclic) bond motifs is 2. The summed E-state index contributed by atoms with van der Waals surface area (Å²) in [7, 11) is 0. The lowest BCUT2D eigenvalue weighted by Crippen LogP contribution is -2.20. The first-order valence-corrected chi connectivity index (χ1v) is 7.63. The van der Waals surface area contributed by atoms with Crippen molar-refractivity contribution in [2.24, 2.45) is 17.8 Å². The van der Waals surface area contributed by atoms with Crippen molar-refractivity contribution in [1.29, 1.82) is 0 Å². The van der Waals surface area contributed by atoms with Gasteiger partial charge in [0.2, 0.25) is 5.91 Å². The van der Waals surface area contributed by atoms with Crippen LogP contribution in [0.5, 0.6) is 0 Å². The molecule has 2 heteroatoms. The molecule has 0 saturated heterocycles. The van der Waals surface area contributed by atoms with Gasteiger partial charge in [0.1, 0.15) is 0 Å². The number of rotatable bonds is 4. The summed E-state index contributed by atoms with van der Waals surface area (Å²) >= 11 is 0. The molecule has 1 N–H and O–H groups in total. The Hall–Kier alpha value is -1.31. The van der Waals surface area contributed by atoms with E-state index in [1.165, 1.54) is 31.2 Å². The predicted molar refractivity (Wildman–Crippen MR) is 78.0 cm³/mol. The molecule has 0 aromatic heterocycles. The Kier molecular flexibility index (Phi) is 3.58. The lowest BCUT2D eigenvalue weighted by molar-refractivity contribution is -0.117. The second-order valence-electron chi connectivity index (χ2n) is 6.24. The van der Waals surface area contributed by atoms with Crippen LogP contribution in [-0.2, 0) is 11.2 Å². The zero-order valence-electron chi connectivity index (χ0n) is 11.7. The minimum Gasteiger partial charge on any atom is -0.326 e. The van der Waals surface area contributed by atoms with Gasteiger partial charge in [-0.2, -0.15) is 0 Å². The first-order chi connectivity index (χ1) is 9.24. The molecule has 0 spiro atoms. The Bertz CT molecular complexity index is 468. The van der Waals surface area contributed by atoms with Crippen LogP contribution >= 0.6 is 0 Å². The summed E-state index contributed by atoms with van der Waals surface area (Å²) in [5.41, 5.74) is 2.23. The third-order valence-electron chi connectivity index (χ3n) is 4.95. The van der Waals surface area contributed by atoms with Crippen LogP contribution in [0.3, 0.4) is 0 Å².